The molecule has 0 aromatic carbocycles. The van der Waals surface area contributed by atoms with Crippen LogP contribution in [0, 0.1) is 0 Å². The molecule has 0 spiro atoms. The second-order valence-electron chi connectivity index (χ2n) is 19.7. The molecule has 1 amide bonds. The Hall–Kier alpha value is -1.13. The predicted molar refractivity (Wildman–Crippen MR) is 276 cm³/mol. The van der Waals surface area contributed by atoms with E-state index in [0.717, 1.165) is 32.1 Å². The third-order valence-electron chi connectivity index (χ3n) is 13.5. The molecule has 4 heteroatoms. The molecule has 0 heterocycles. The zero-order valence-corrected chi connectivity index (χ0v) is 42.4. The summed E-state index contributed by atoms with van der Waals surface area (Å²) in [7, 11) is 0. The molecule has 3 N–H and O–H groups in total. The van der Waals surface area contributed by atoms with Crippen LogP contribution in [-0.2, 0) is 4.79 Å². The molecule has 62 heavy (non-hydrogen) atoms. The summed E-state index contributed by atoms with van der Waals surface area (Å²) in [5.41, 5.74) is 0. The predicted octanol–water partition coefficient (Wildman–Crippen LogP) is 18.7. The summed E-state index contributed by atoms with van der Waals surface area (Å²) in [5.74, 6) is -0.0252. The lowest BCUT2D eigenvalue weighted by molar-refractivity contribution is -0.123. The number of rotatable bonds is 53. The van der Waals surface area contributed by atoms with Gasteiger partial charge in [0.05, 0.1) is 18.8 Å². The highest BCUT2D eigenvalue weighted by molar-refractivity contribution is 5.76. The molecule has 0 saturated carbocycles. The topological polar surface area (TPSA) is 69.6 Å². The first kappa shape index (κ1) is 60.9. The molecule has 0 aromatic rings. The van der Waals surface area contributed by atoms with Gasteiger partial charge in [-0.15, -0.1) is 0 Å². The summed E-state index contributed by atoms with van der Waals surface area (Å²) in [5, 5.41) is 23.4. The minimum Gasteiger partial charge on any atom is -0.394 e. The van der Waals surface area contributed by atoms with E-state index in [2.05, 4.69) is 43.5 Å². The fourth-order valence-corrected chi connectivity index (χ4v) is 9.10. The van der Waals surface area contributed by atoms with Gasteiger partial charge in [-0.25, -0.2) is 0 Å². The first-order valence-electron chi connectivity index (χ1n) is 28.5. The van der Waals surface area contributed by atoms with Crippen LogP contribution in [0.1, 0.15) is 322 Å². The van der Waals surface area contributed by atoms with Crippen molar-refractivity contribution in [2.45, 2.75) is 334 Å². The number of aliphatic hydroxyl groups is 2. The molecule has 0 bridgehead atoms. The molecule has 4 nitrogen and oxygen atoms in total. The maximum absolute atomic E-state index is 12.5. The first-order valence-corrected chi connectivity index (χ1v) is 28.5. The van der Waals surface area contributed by atoms with Crippen LogP contribution >= 0.6 is 0 Å². The lowest BCUT2D eigenvalue weighted by Crippen LogP contribution is -2.45. The van der Waals surface area contributed by atoms with Gasteiger partial charge in [-0.3, -0.25) is 4.79 Å². The highest BCUT2D eigenvalue weighted by atomic mass is 16.3. The van der Waals surface area contributed by atoms with Crippen LogP contribution in [0.25, 0.3) is 0 Å². The zero-order chi connectivity index (χ0) is 44.9. The second-order valence-corrected chi connectivity index (χ2v) is 19.7. The molecule has 0 saturated heterocycles. The summed E-state index contributed by atoms with van der Waals surface area (Å²) < 4.78 is 0. The minimum atomic E-state index is -0.658. The molecule has 0 aromatic heterocycles. The highest BCUT2D eigenvalue weighted by Crippen LogP contribution is 2.18. The summed E-state index contributed by atoms with van der Waals surface area (Å²) in [4.78, 5) is 12.5. The Bertz CT molecular complexity index is 901. The molecule has 2 atom stereocenters. The smallest absolute Gasteiger partial charge is 0.220 e. The summed E-state index contributed by atoms with van der Waals surface area (Å²) in [6.45, 7) is 4.38. The van der Waals surface area contributed by atoms with E-state index in [1.807, 2.05) is 0 Å². The van der Waals surface area contributed by atoms with E-state index in [4.69, 9.17) is 0 Å². The fourth-order valence-electron chi connectivity index (χ4n) is 9.10. The van der Waals surface area contributed by atoms with Gasteiger partial charge in [0.15, 0.2) is 0 Å². The van der Waals surface area contributed by atoms with Gasteiger partial charge in [-0.05, 0) is 44.9 Å². The van der Waals surface area contributed by atoms with Crippen LogP contribution in [0.5, 0.6) is 0 Å². The Kier molecular flexibility index (Phi) is 53.2. The molecular formula is C58H113NO3. The van der Waals surface area contributed by atoms with E-state index < -0.39 is 12.1 Å². The fraction of sp³-hybridized carbons (Fsp3) is 0.914. The summed E-state index contributed by atoms with van der Waals surface area (Å²) in [6, 6.07) is -0.534. The van der Waals surface area contributed by atoms with Crippen molar-refractivity contribution in [2.24, 2.45) is 0 Å². The van der Waals surface area contributed by atoms with E-state index in [-0.39, 0.29) is 12.5 Å². The Balaban J connectivity index is 3.42. The van der Waals surface area contributed by atoms with Gasteiger partial charge in [0.2, 0.25) is 5.91 Å². The van der Waals surface area contributed by atoms with Crippen molar-refractivity contribution in [1.82, 2.24) is 5.32 Å². The lowest BCUT2D eigenvalue weighted by atomic mass is 10.0. The molecule has 0 radical (unpaired) electrons. The lowest BCUT2D eigenvalue weighted by Gasteiger charge is -2.22. The molecular weight excluding hydrogens is 759 g/mol. The molecule has 2 unspecified atom stereocenters. The van der Waals surface area contributed by atoms with Crippen LogP contribution in [0.2, 0.25) is 0 Å². The van der Waals surface area contributed by atoms with Gasteiger partial charge in [0.25, 0.3) is 0 Å². The molecule has 0 fully saturated rings. The third kappa shape index (κ3) is 49.9. The van der Waals surface area contributed by atoms with Crippen molar-refractivity contribution in [1.29, 1.82) is 0 Å². The number of aliphatic hydroxyl groups excluding tert-OH is 2. The maximum Gasteiger partial charge on any atom is 0.220 e. The van der Waals surface area contributed by atoms with E-state index >= 15 is 0 Å². The van der Waals surface area contributed by atoms with Crippen LogP contribution in [0.15, 0.2) is 24.3 Å². The quantitative estimate of drug-likeness (QED) is 0.0421. The Labute approximate surface area is 389 Å². The van der Waals surface area contributed by atoms with Crippen LogP contribution < -0.4 is 5.32 Å². The first-order chi connectivity index (χ1) is 30.7. The molecule has 0 rings (SSSR count). The van der Waals surface area contributed by atoms with Crippen molar-refractivity contribution in [3.63, 3.8) is 0 Å². The Morgan fingerprint density at radius 1 is 0.387 bits per heavy atom. The molecule has 0 aliphatic carbocycles. The van der Waals surface area contributed by atoms with Crippen LogP contribution in [0.3, 0.4) is 0 Å². The summed E-state index contributed by atoms with van der Waals surface area (Å²) >= 11 is 0. The van der Waals surface area contributed by atoms with Crippen molar-refractivity contribution < 1.29 is 15.0 Å². The number of nitrogens with one attached hydrogen (secondary N) is 1. The van der Waals surface area contributed by atoms with Crippen molar-refractivity contribution in [3.05, 3.63) is 24.3 Å². The number of hydrogen-bond donors (Lipinski definition) is 3. The standard InChI is InChI=1S/C58H113NO3/c1-3-5-7-9-11-13-15-17-19-21-23-25-26-27-28-29-30-31-32-34-36-38-40-42-44-46-48-50-52-54-58(62)59-56(55-60)57(61)53-51-49-47-45-43-41-39-37-35-33-24-22-20-18-16-14-12-10-8-6-4-2/h15,17,21,23,56-57,60-61H,3-14,16,18-20,22,24-55H2,1-2H3,(H,59,62)/b17-15-,23-21-. The van der Waals surface area contributed by atoms with E-state index in [1.165, 1.54) is 263 Å². The number of carbonyl (C=O) groups is 1. The largest absolute Gasteiger partial charge is 0.394 e. The number of unbranched alkanes of at least 4 members (excludes halogenated alkanes) is 42. The van der Waals surface area contributed by atoms with Crippen molar-refractivity contribution >= 4 is 5.91 Å². The van der Waals surface area contributed by atoms with Crippen molar-refractivity contribution in [2.75, 3.05) is 6.61 Å². The SMILES string of the molecule is CCCCCCC/C=C\C/C=C\CCCCCCCCCCCCCCCCCCCC(=O)NC(CO)C(O)CCCCCCCCCCCCCCCCCCCCCCC. The molecule has 0 aliphatic rings. The van der Waals surface area contributed by atoms with Gasteiger partial charge in [0, 0.05) is 6.42 Å². The normalized spacial score (nSPS) is 12.9. The van der Waals surface area contributed by atoms with E-state index in [1.54, 1.807) is 0 Å². The number of hydrogen-bond acceptors (Lipinski definition) is 3. The Morgan fingerprint density at radius 2 is 0.661 bits per heavy atom. The summed E-state index contributed by atoms with van der Waals surface area (Å²) in [6.07, 6.45) is 71.7. The maximum atomic E-state index is 12.5. The molecule has 0 aliphatic heterocycles. The van der Waals surface area contributed by atoms with Gasteiger partial charge >= 0.3 is 0 Å². The van der Waals surface area contributed by atoms with Gasteiger partial charge in [-0.2, -0.15) is 0 Å². The molecule has 368 valence electrons. The Morgan fingerprint density at radius 3 is 0.968 bits per heavy atom. The van der Waals surface area contributed by atoms with Crippen LogP contribution in [-0.4, -0.2) is 34.9 Å². The van der Waals surface area contributed by atoms with E-state index in [9.17, 15) is 15.0 Å². The van der Waals surface area contributed by atoms with Crippen molar-refractivity contribution in [3.8, 4) is 0 Å². The number of amides is 1. The van der Waals surface area contributed by atoms with E-state index in [0.29, 0.717) is 12.8 Å². The monoisotopic (exact) mass is 872 g/mol. The minimum absolute atomic E-state index is 0.0252. The average Bonchev–Trinajstić information content (AvgIpc) is 3.28. The highest BCUT2D eigenvalue weighted by Gasteiger charge is 2.20. The van der Waals surface area contributed by atoms with Gasteiger partial charge in [-0.1, -0.05) is 295 Å². The number of carbonyl (C=O) groups excluding carboxylic acids is 1. The van der Waals surface area contributed by atoms with Crippen LogP contribution in [0.4, 0.5) is 0 Å². The third-order valence-corrected chi connectivity index (χ3v) is 13.5. The zero-order valence-electron chi connectivity index (χ0n) is 42.4. The van der Waals surface area contributed by atoms with Gasteiger partial charge < -0.3 is 15.5 Å². The van der Waals surface area contributed by atoms with Gasteiger partial charge in [0.1, 0.15) is 0 Å². The second kappa shape index (κ2) is 54.2. The number of allylic oxidation sites excluding steroid dienone is 4. The average molecular weight is 873 g/mol.